The molecule has 2 aromatic heterocycles. The summed E-state index contributed by atoms with van der Waals surface area (Å²) in [5.74, 6) is 0.310. The second-order valence-corrected chi connectivity index (χ2v) is 7.14. The van der Waals surface area contributed by atoms with Crippen molar-refractivity contribution in [3.05, 3.63) is 36.4 Å². The van der Waals surface area contributed by atoms with E-state index in [9.17, 15) is 9.59 Å². The first kappa shape index (κ1) is 16.8. The van der Waals surface area contributed by atoms with Crippen molar-refractivity contribution in [2.45, 2.75) is 31.7 Å². The number of pyridine rings is 1. The predicted octanol–water partition coefficient (Wildman–Crippen LogP) is 1.42. The number of hydrogen-bond donors (Lipinski definition) is 1. The third kappa shape index (κ3) is 3.34. The molecule has 2 aromatic rings. The van der Waals surface area contributed by atoms with Crippen LogP contribution in [-0.2, 0) is 16.1 Å². The van der Waals surface area contributed by atoms with Gasteiger partial charge in [-0.3, -0.25) is 19.3 Å². The standard InChI is InChI=1S/C19H23N5O2/c1-23-12-15(10-17(23)25)19(26)21-8-9-24-18(14-2-3-14)16(11-22-24)13-4-6-20-7-5-13/h4-7,11,14-15H,2-3,8-10,12H2,1H3,(H,21,26)/t15-/m1/s1. The molecule has 4 rings (SSSR count). The van der Waals surface area contributed by atoms with Crippen molar-refractivity contribution >= 4 is 11.8 Å². The van der Waals surface area contributed by atoms with E-state index in [4.69, 9.17) is 0 Å². The van der Waals surface area contributed by atoms with Gasteiger partial charge in [0.1, 0.15) is 0 Å². The Morgan fingerprint density at radius 2 is 2.08 bits per heavy atom. The summed E-state index contributed by atoms with van der Waals surface area (Å²) >= 11 is 0. The van der Waals surface area contributed by atoms with Gasteiger partial charge in [0.05, 0.1) is 18.7 Å². The first-order chi connectivity index (χ1) is 12.6. The highest BCUT2D eigenvalue weighted by Crippen LogP contribution is 2.44. The number of nitrogens with zero attached hydrogens (tertiary/aromatic N) is 4. The van der Waals surface area contributed by atoms with Crippen LogP contribution in [0.3, 0.4) is 0 Å². The second-order valence-electron chi connectivity index (χ2n) is 7.14. The van der Waals surface area contributed by atoms with Gasteiger partial charge in [-0.2, -0.15) is 5.10 Å². The number of carbonyl (C=O) groups excluding carboxylic acids is 2. The van der Waals surface area contributed by atoms with Gasteiger partial charge in [0.25, 0.3) is 0 Å². The van der Waals surface area contributed by atoms with Gasteiger partial charge >= 0.3 is 0 Å². The maximum Gasteiger partial charge on any atom is 0.225 e. The molecule has 0 aromatic carbocycles. The number of carbonyl (C=O) groups is 2. The number of amides is 2. The fourth-order valence-electron chi connectivity index (χ4n) is 3.58. The second kappa shape index (κ2) is 6.90. The number of nitrogens with one attached hydrogen (secondary N) is 1. The van der Waals surface area contributed by atoms with Crippen LogP contribution in [0.5, 0.6) is 0 Å². The summed E-state index contributed by atoms with van der Waals surface area (Å²) in [5, 5.41) is 7.52. The zero-order valence-electron chi connectivity index (χ0n) is 14.9. The van der Waals surface area contributed by atoms with Gasteiger partial charge < -0.3 is 10.2 Å². The minimum absolute atomic E-state index is 0.0373. The molecule has 0 spiro atoms. The molecule has 26 heavy (non-hydrogen) atoms. The molecule has 1 N–H and O–H groups in total. The zero-order valence-corrected chi connectivity index (χ0v) is 14.9. The normalized spacial score (nSPS) is 19.8. The highest BCUT2D eigenvalue weighted by Gasteiger charge is 2.32. The van der Waals surface area contributed by atoms with Crippen LogP contribution < -0.4 is 5.32 Å². The summed E-state index contributed by atoms with van der Waals surface area (Å²) in [6, 6.07) is 4.01. The van der Waals surface area contributed by atoms with Crippen LogP contribution in [0, 0.1) is 5.92 Å². The Balaban J connectivity index is 1.40. The summed E-state index contributed by atoms with van der Waals surface area (Å²) in [7, 11) is 1.74. The van der Waals surface area contributed by atoms with Crippen molar-refractivity contribution < 1.29 is 9.59 Å². The summed E-state index contributed by atoms with van der Waals surface area (Å²) in [6.45, 7) is 1.66. The van der Waals surface area contributed by atoms with E-state index < -0.39 is 0 Å². The highest BCUT2D eigenvalue weighted by atomic mass is 16.2. The summed E-state index contributed by atoms with van der Waals surface area (Å²) < 4.78 is 2.01. The zero-order chi connectivity index (χ0) is 18.1. The minimum Gasteiger partial charge on any atom is -0.354 e. The lowest BCUT2D eigenvalue weighted by Crippen LogP contribution is -2.34. The number of likely N-dealkylation sites (tertiary alicyclic amines) is 1. The molecule has 2 aliphatic rings. The van der Waals surface area contributed by atoms with Crippen molar-refractivity contribution in [2.24, 2.45) is 5.92 Å². The maximum absolute atomic E-state index is 12.3. The lowest BCUT2D eigenvalue weighted by Gasteiger charge is -2.13. The van der Waals surface area contributed by atoms with E-state index >= 15 is 0 Å². The van der Waals surface area contributed by atoms with E-state index in [0.29, 0.717) is 32.0 Å². The monoisotopic (exact) mass is 353 g/mol. The highest BCUT2D eigenvalue weighted by molar-refractivity contribution is 5.89. The average Bonchev–Trinajstić information content (AvgIpc) is 3.32. The van der Waals surface area contributed by atoms with Crippen LogP contribution in [0.4, 0.5) is 0 Å². The molecular formula is C19H23N5O2. The first-order valence-electron chi connectivity index (χ1n) is 9.11. The van der Waals surface area contributed by atoms with E-state index in [1.54, 1.807) is 24.3 Å². The van der Waals surface area contributed by atoms with Crippen LogP contribution in [0.25, 0.3) is 11.1 Å². The Morgan fingerprint density at radius 1 is 1.31 bits per heavy atom. The molecule has 2 amide bonds. The van der Waals surface area contributed by atoms with Crippen molar-refractivity contribution in [3.63, 3.8) is 0 Å². The van der Waals surface area contributed by atoms with Crippen molar-refractivity contribution in [1.82, 2.24) is 25.0 Å². The maximum atomic E-state index is 12.3. The fraction of sp³-hybridized carbons (Fsp3) is 0.474. The van der Waals surface area contributed by atoms with E-state index in [2.05, 4.69) is 15.4 Å². The van der Waals surface area contributed by atoms with Crippen LogP contribution in [0.1, 0.15) is 30.9 Å². The summed E-state index contributed by atoms with van der Waals surface area (Å²) in [4.78, 5) is 29.5. The van der Waals surface area contributed by atoms with Gasteiger partial charge in [0.15, 0.2) is 0 Å². The van der Waals surface area contributed by atoms with Crippen LogP contribution in [0.2, 0.25) is 0 Å². The number of aromatic nitrogens is 3. The van der Waals surface area contributed by atoms with E-state index in [1.165, 1.54) is 18.5 Å². The molecule has 0 unspecified atom stereocenters. The van der Waals surface area contributed by atoms with Crippen LogP contribution in [0.15, 0.2) is 30.7 Å². The lowest BCUT2D eigenvalue weighted by molar-refractivity contribution is -0.128. The minimum atomic E-state index is -0.236. The average molecular weight is 353 g/mol. The van der Waals surface area contributed by atoms with Crippen molar-refractivity contribution in [1.29, 1.82) is 0 Å². The fourth-order valence-corrected chi connectivity index (χ4v) is 3.58. The van der Waals surface area contributed by atoms with Gasteiger partial charge in [0, 0.05) is 56.1 Å². The topological polar surface area (TPSA) is 80.1 Å². The molecule has 0 bridgehead atoms. The predicted molar refractivity (Wildman–Crippen MR) is 96.2 cm³/mol. The quantitative estimate of drug-likeness (QED) is 0.852. The molecule has 0 radical (unpaired) electrons. The molecule has 7 heteroatoms. The Hall–Kier alpha value is -2.70. The number of hydrogen-bond acceptors (Lipinski definition) is 4. The van der Waals surface area contributed by atoms with Gasteiger partial charge in [0.2, 0.25) is 11.8 Å². The lowest BCUT2D eigenvalue weighted by atomic mass is 10.1. The third-order valence-corrected chi connectivity index (χ3v) is 5.17. The van der Waals surface area contributed by atoms with Crippen LogP contribution >= 0.6 is 0 Å². The summed E-state index contributed by atoms with van der Waals surface area (Å²) in [5.41, 5.74) is 3.54. The van der Waals surface area contributed by atoms with Gasteiger partial charge in [-0.15, -0.1) is 0 Å². The Morgan fingerprint density at radius 3 is 2.73 bits per heavy atom. The molecule has 1 saturated carbocycles. The summed E-state index contributed by atoms with van der Waals surface area (Å²) in [6.07, 6.45) is 8.19. The molecule has 1 aliphatic carbocycles. The first-order valence-corrected chi connectivity index (χ1v) is 9.11. The molecule has 2 fully saturated rings. The Kier molecular flexibility index (Phi) is 4.44. The Bertz CT molecular complexity index is 813. The van der Waals surface area contributed by atoms with Gasteiger partial charge in [-0.25, -0.2) is 0 Å². The molecule has 7 nitrogen and oxygen atoms in total. The SMILES string of the molecule is CN1C[C@H](C(=O)NCCn2ncc(-c3ccncc3)c2C2CC2)CC1=O. The number of rotatable bonds is 6. The molecule has 136 valence electrons. The van der Waals surface area contributed by atoms with E-state index in [1.807, 2.05) is 23.0 Å². The Labute approximate surface area is 152 Å². The molecule has 1 saturated heterocycles. The van der Waals surface area contributed by atoms with Crippen molar-refractivity contribution in [3.8, 4) is 11.1 Å². The van der Waals surface area contributed by atoms with E-state index in [0.717, 1.165) is 11.1 Å². The molecule has 1 atom stereocenters. The van der Waals surface area contributed by atoms with Gasteiger partial charge in [-0.05, 0) is 30.5 Å². The van der Waals surface area contributed by atoms with E-state index in [-0.39, 0.29) is 17.7 Å². The van der Waals surface area contributed by atoms with Crippen LogP contribution in [-0.4, -0.2) is 51.6 Å². The smallest absolute Gasteiger partial charge is 0.225 e. The largest absolute Gasteiger partial charge is 0.354 e. The third-order valence-electron chi connectivity index (χ3n) is 5.17. The molecule has 3 heterocycles. The molecular weight excluding hydrogens is 330 g/mol. The molecule has 1 aliphatic heterocycles. The van der Waals surface area contributed by atoms with Gasteiger partial charge in [-0.1, -0.05) is 0 Å². The van der Waals surface area contributed by atoms with Crippen molar-refractivity contribution in [2.75, 3.05) is 20.1 Å².